The predicted octanol–water partition coefficient (Wildman–Crippen LogP) is 0.928. The Morgan fingerprint density at radius 2 is 1.76 bits per heavy atom. The molecule has 1 aromatic rings. The van der Waals surface area contributed by atoms with Crippen LogP contribution >= 0.6 is 15.9 Å². The lowest BCUT2D eigenvalue weighted by atomic mass is 10.3. The van der Waals surface area contributed by atoms with E-state index in [4.69, 9.17) is 4.74 Å². The van der Waals surface area contributed by atoms with Crippen molar-refractivity contribution >= 4 is 31.9 Å². The number of piperazine rings is 1. The molecule has 8 heteroatoms. The van der Waals surface area contributed by atoms with Gasteiger partial charge in [0.05, 0.1) is 4.90 Å². The van der Waals surface area contributed by atoms with Crippen molar-refractivity contribution < 1.29 is 17.9 Å². The van der Waals surface area contributed by atoms with Gasteiger partial charge in [0.1, 0.15) is 6.61 Å². The summed E-state index contributed by atoms with van der Waals surface area (Å²) < 4.78 is 32.0. The molecule has 0 N–H and O–H groups in total. The van der Waals surface area contributed by atoms with E-state index in [0.29, 0.717) is 26.2 Å². The van der Waals surface area contributed by atoms with E-state index in [0.717, 1.165) is 4.47 Å². The number of nitrogens with zero attached hydrogens (tertiary/aromatic N) is 2. The Morgan fingerprint density at radius 3 is 2.29 bits per heavy atom. The van der Waals surface area contributed by atoms with Crippen molar-refractivity contribution in [1.82, 2.24) is 9.21 Å². The zero-order valence-electron chi connectivity index (χ0n) is 11.7. The minimum atomic E-state index is -3.50. The summed E-state index contributed by atoms with van der Waals surface area (Å²) in [7, 11) is -2.03. The number of benzene rings is 1. The summed E-state index contributed by atoms with van der Waals surface area (Å²) >= 11 is 3.28. The largest absolute Gasteiger partial charge is 0.375 e. The molecule has 116 valence electrons. The van der Waals surface area contributed by atoms with Gasteiger partial charge in [-0.3, -0.25) is 4.79 Å². The summed E-state index contributed by atoms with van der Waals surface area (Å²) in [6.45, 7) is 1.40. The monoisotopic (exact) mass is 376 g/mol. The number of carbonyl (C=O) groups is 1. The standard InChI is InChI=1S/C13H17BrN2O4S/c1-20-10-13(17)15-6-8-16(9-7-15)21(18,19)12-4-2-11(14)3-5-12/h2-5H,6-10H2,1H3. The van der Waals surface area contributed by atoms with Crippen LogP contribution in [0.4, 0.5) is 0 Å². The molecule has 0 atom stereocenters. The van der Waals surface area contributed by atoms with Crippen LogP contribution in [-0.4, -0.2) is 63.4 Å². The molecular formula is C13H17BrN2O4S. The quantitative estimate of drug-likeness (QED) is 0.783. The van der Waals surface area contributed by atoms with Crippen LogP contribution in [0.5, 0.6) is 0 Å². The van der Waals surface area contributed by atoms with Gasteiger partial charge in [-0.15, -0.1) is 0 Å². The molecule has 1 fully saturated rings. The van der Waals surface area contributed by atoms with Gasteiger partial charge in [-0.1, -0.05) is 15.9 Å². The number of hydrogen-bond acceptors (Lipinski definition) is 4. The number of ether oxygens (including phenoxy) is 1. The van der Waals surface area contributed by atoms with Gasteiger partial charge in [0.25, 0.3) is 0 Å². The highest BCUT2D eigenvalue weighted by Gasteiger charge is 2.29. The fraction of sp³-hybridized carbons (Fsp3) is 0.462. The Balaban J connectivity index is 2.04. The highest BCUT2D eigenvalue weighted by molar-refractivity contribution is 9.10. The third kappa shape index (κ3) is 3.82. The molecule has 0 spiro atoms. The molecule has 0 aromatic heterocycles. The van der Waals surface area contributed by atoms with Gasteiger partial charge in [0.15, 0.2) is 0 Å². The molecular weight excluding hydrogens is 360 g/mol. The zero-order valence-corrected chi connectivity index (χ0v) is 14.1. The van der Waals surface area contributed by atoms with Crippen LogP contribution in [0, 0.1) is 0 Å². The van der Waals surface area contributed by atoms with Crippen LogP contribution in [0.3, 0.4) is 0 Å². The SMILES string of the molecule is COCC(=O)N1CCN(S(=O)(=O)c2ccc(Br)cc2)CC1. The number of amides is 1. The molecule has 0 radical (unpaired) electrons. The number of carbonyl (C=O) groups excluding carboxylic acids is 1. The van der Waals surface area contributed by atoms with E-state index in [1.165, 1.54) is 11.4 Å². The van der Waals surface area contributed by atoms with Gasteiger partial charge in [-0.2, -0.15) is 4.31 Å². The van der Waals surface area contributed by atoms with Crippen LogP contribution in [-0.2, 0) is 19.6 Å². The van der Waals surface area contributed by atoms with Crippen LogP contribution in [0.15, 0.2) is 33.6 Å². The highest BCUT2D eigenvalue weighted by atomic mass is 79.9. The van der Waals surface area contributed by atoms with Crippen molar-refractivity contribution in [2.45, 2.75) is 4.90 Å². The Morgan fingerprint density at radius 1 is 1.19 bits per heavy atom. The van der Waals surface area contributed by atoms with E-state index < -0.39 is 10.0 Å². The van der Waals surface area contributed by atoms with E-state index in [1.807, 2.05) is 0 Å². The molecule has 1 saturated heterocycles. The maximum Gasteiger partial charge on any atom is 0.248 e. The molecule has 0 aliphatic carbocycles. The molecule has 0 bridgehead atoms. The number of halogens is 1. The fourth-order valence-electron chi connectivity index (χ4n) is 2.15. The van der Waals surface area contributed by atoms with Gasteiger partial charge in [0, 0.05) is 37.8 Å². The maximum absolute atomic E-state index is 12.5. The molecule has 1 amide bonds. The summed E-state index contributed by atoms with van der Waals surface area (Å²) in [4.78, 5) is 13.6. The Bertz CT molecular complexity index is 595. The third-order valence-electron chi connectivity index (χ3n) is 3.31. The first-order chi connectivity index (χ1) is 9.95. The van der Waals surface area contributed by atoms with Crippen LogP contribution in [0.25, 0.3) is 0 Å². The summed E-state index contributed by atoms with van der Waals surface area (Å²) in [5, 5.41) is 0. The van der Waals surface area contributed by atoms with Gasteiger partial charge in [-0.05, 0) is 24.3 Å². The van der Waals surface area contributed by atoms with E-state index in [2.05, 4.69) is 15.9 Å². The lowest BCUT2D eigenvalue weighted by Crippen LogP contribution is -2.51. The summed E-state index contributed by atoms with van der Waals surface area (Å²) in [5.41, 5.74) is 0. The molecule has 0 unspecified atom stereocenters. The summed E-state index contributed by atoms with van der Waals surface area (Å²) in [6, 6.07) is 6.54. The molecule has 2 rings (SSSR count). The van der Waals surface area contributed by atoms with Gasteiger partial charge >= 0.3 is 0 Å². The van der Waals surface area contributed by atoms with E-state index in [-0.39, 0.29) is 17.4 Å². The van der Waals surface area contributed by atoms with Crippen molar-refractivity contribution in [1.29, 1.82) is 0 Å². The Hall–Kier alpha value is -0.960. The first-order valence-electron chi connectivity index (χ1n) is 6.47. The van der Waals surface area contributed by atoms with Crippen LogP contribution < -0.4 is 0 Å². The molecule has 1 aliphatic heterocycles. The molecule has 1 aromatic carbocycles. The van der Waals surface area contributed by atoms with Crippen LogP contribution in [0.2, 0.25) is 0 Å². The minimum Gasteiger partial charge on any atom is -0.375 e. The lowest BCUT2D eigenvalue weighted by molar-refractivity contribution is -0.136. The Kier molecular flexibility index (Phi) is 5.37. The molecule has 21 heavy (non-hydrogen) atoms. The average molecular weight is 377 g/mol. The van der Waals surface area contributed by atoms with E-state index >= 15 is 0 Å². The zero-order chi connectivity index (χ0) is 15.5. The fourth-order valence-corrected chi connectivity index (χ4v) is 3.83. The van der Waals surface area contributed by atoms with Crippen molar-refractivity contribution in [3.63, 3.8) is 0 Å². The summed E-state index contributed by atoms with van der Waals surface area (Å²) in [6.07, 6.45) is 0. The predicted molar refractivity (Wildman–Crippen MR) is 81.4 cm³/mol. The van der Waals surface area contributed by atoms with Crippen LogP contribution in [0.1, 0.15) is 0 Å². The van der Waals surface area contributed by atoms with Gasteiger partial charge < -0.3 is 9.64 Å². The number of hydrogen-bond donors (Lipinski definition) is 0. The normalized spacial score (nSPS) is 17.0. The third-order valence-corrected chi connectivity index (χ3v) is 5.75. The second-order valence-electron chi connectivity index (χ2n) is 4.67. The minimum absolute atomic E-state index is 0.0272. The van der Waals surface area contributed by atoms with Crippen molar-refractivity contribution in [3.8, 4) is 0 Å². The first-order valence-corrected chi connectivity index (χ1v) is 8.71. The number of rotatable bonds is 4. The maximum atomic E-state index is 12.5. The van der Waals surface area contributed by atoms with E-state index in [9.17, 15) is 13.2 Å². The van der Waals surface area contributed by atoms with Crippen molar-refractivity contribution in [2.24, 2.45) is 0 Å². The smallest absolute Gasteiger partial charge is 0.248 e. The van der Waals surface area contributed by atoms with Crippen molar-refractivity contribution in [3.05, 3.63) is 28.7 Å². The average Bonchev–Trinajstić information content (AvgIpc) is 2.48. The van der Waals surface area contributed by atoms with Gasteiger partial charge in [0.2, 0.25) is 15.9 Å². The second-order valence-corrected chi connectivity index (χ2v) is 7.53. The molecule has 6 nitrogen and oxygen atoms in total. The van der Waals surface area contributed by atoms with Crippen molar-refractivity contribution in [2.75, 3.05) is 39.9 Å². The topological polar surface area (TPSA) is 66.9 Å². The Labute approximate surface area is 132 Å². The second kappa shape index (κ2) is 6.87. The molecule has 1 heterocycles. The molecule has 0 saturated carbocycles. The highest BCUT2D eigenvalue weighted by Crippen LogP contribution is 2.20. The molecule has 1 aliphatic rings. The number of methoxy groups -OCH3 is 1. The van der Waals surface area contributed by atoms with Gasteiger partial charge in [-0.25, -0.2) is 8.42 Å². The number of sulfonamides is 1. The lowest BCUT2D eigenvalue weighted by Gasteiger charge is -2.33. The summed E-state index contributed by atoms with van der Waals surface area (Å²) in [5.74, 6) is -0.113. The first kappa shape index (κ1) is 16.4. The van der Waals surface area contributed by atoms with E-state index in [1.54, 1.807) is 29.2 Å².